The molecular formula is C10H19NO3. The van der Waals surface area contributed by atoms with Crippen LogP contribution in [0, 0.1) is 0 Å². The van der Waals surface area contributed by atoms with Gasteiger partial charge in [-0.1, -0.05) is 0 Å². The molecule has 2 atom stereocenters. The summed E-state index contributed by atoms with van der Waals surface area (Å²) in [5, 5.41) is 11.8. The second-order valence-electron chi connectivity index (χ2n) is 4.52. The number of carboxylic acid groups (broad SMARTS) is 1. The summed E-state index contributed by atoms with van der Waals surface area (Å²) in [7, 11) is 0. The van der Waals surface area contributed by atoms with E-state index in [0.717, 1.165) is 12.8 Å². The molecule has 4 nitrogen and oxygen atoms in total. The molecule has 0 aromatic heterocycles. The second-order valence-corrected chi connectivity index (χ2v) is 4.52. The van der Waals surface area contributed by atoms with Gasteiger partial charge in [-0.2, -0.15) is 0 Å². The zero-order valence-corrected chi connectivity index (χ0v) is 9.04. The molecule has 2 unspecified atom stereocenters. The van der Waals surface area contributed by atoms with E-state index >= 15 is 0 Å². The topological polar surface area (TPSA) is 58.6 Å². The Kier molecular flexibility index (Phi) is 3.50. The molecule has 14 heavy (non-hydrogen) atoms. The first-order valence-corrected chi connectivity index (χ1v) is 5.03. The van der Waals surface area contributed by atoms with Crippen LogP contribution >= 0.6 is 0 Å². The van der Waals surface area contributed by atoms with Gasteiger partial charge in [0.05, 0.1) is 5.60 Å². The van der Waals surface area contributed by atoms with Crippen molar-refractivity contribution in [3.8, 4) is 0 Å². The predicted octanol–water partition coefficient (Wildman–Crippen LogP) is 1.01. The summed E-state index contributed by atoms with van der Waals surface area (Å²) in [6, 6.07) is -0.223. The molecule has 1 aliphatic rings. The van der Waals surface area contributed by atoms with Gasteiger partial charge in [0.15, 0.2) is 0 Å². The van der Waals surface area contributed by atoms with Gasteiger partial charge in [-0.25, -0.2) is 0 Å². The average molecular weight is 201 g/mol. The van der Waals surface area contributed by atoms with Gasteiger partial charge in [0.25, 0.3) is 0 Å². The lowest BCUT2D eigenvalue weighted by molar-refractivity contribution is -0.139. The summed E-state index contributed by atoms with van der Waals surface area (Å²) >= 11 is 0. The van der Waals surface area contributed by atoms with Crippen molar-refractivity contribution in [3.63, 3.8) is 0 Å². The van der Waals surface area contributed by atoms with Crippen LogP contribution in [0.5, 0.6) is 0 Å². The largest absolute Gasteiger partial charge is 0.480 e. The third kappa shape index (κ3) is 3.27. The molecule has 0 bridgehead atoms. The van der Waals surface area contributed by atoms with Gasteiger partial charge in [0.1, 0.15) is 6.04 Å². The monoisotopic (exact) mass is 201 g/mol. The van der Waals surface area contributed by atoms with E-state index in [4.69, 9.17) is 9.84 Å². The smallest absolute Gasteiger partial charge is 0.320 e. The summed E-state index contributed by atoms with van der Waals surface area (Å²) in [5.41, 5.74) is -0.131. The quantitative estimate of drug-likeness (QED) is 0.715. The maximum absolute atomic E-state index is 10.6. The molecule has 1 saturated heterocycles. The minimum Gasteiger partial charge on any atom is -0.480 e. The van der Waals surface area contributed by atoms with Gasteiger partial charge in [0.2, 0.25) is 0 Å². The van der Waals surface area contributed by atoms with Crippen LogP contribution in [0.1, 0.15) is 33.6 Å². The Morgan fingerprint density at radius 2 is 2.29 bits per heavy atom. The number of hydrogen-bond acceptors (Lipinski definition) is 3. The SMILES string of the molecule is CC(NC1CCOC(C)(C)C1)C(=O)O. The maximum Gasteiger partial charge on any atom is 0.320 e. The summed E-state index contributed by atoms with van der Waals surface area (Å²) in [6.07, 6.45) is 1.76. The fourth-order valence-electron chi connectivity index (χ4n) is 1.80. The van der Waals surface area contributed by atoms with E-state index in [-0.39, 0.29) is 11.6 Å². The van der Waals surface area contributed by atoms with Gasteiger partial charge < -0.3 is 15.2 Å². The number of hydrogen-bond donors (Lipinski definition) is 2. The van der Waals surface area contributed by atoms with Crippen LogP contribution < -0.4 is 5.32 Å². The molecule has 1 heterocycles. The van der Waals surface area contributed by atoms with E-state index in [1.807, 2.05) is 13.8 Å². The Bertz CT molecular complexity index is 215. The van der Waals surface area contributed by atoms with Crippen LogP contribution in [0.25, 0.3) is 0 Å². The van der Waals surface area contributed by atoms with Crippen LogP contribution in [0.4, 0.5) is 0 Å². The van der Waals surface area contributed by atoms with Crippen LogP contribution in [-0.2, 0) is 9.53 Å². The van der Waals surface area contributed by atoms with Crippen LogP contribution in [0.3, 0.4) is 0 Å². The van der Waals surface area contributed by atoms with Crippen molar-refractivity contribution in [2.24, 2.45) is 0 Å². The van der Waals surface area contributed by atoms with Gasteiger partial charge >= 0.3 is 5.97 Å². The van der Waals surface area contributed by atoms with Gasteiger partial charge in [-0.05, 0) is 33.6 Å². The molecular weight excluding hydrogens is 182 g/mol. The third-order valence-electron chi connectivity index (χ3n) is 2.55. The lowest BCUT2D eigenvalue weighted by Crippen LogP contribution is -2.48. The van der Waals surface area contributed by atoms with Crippen molar-refractivity contribution < 1.29 is 14.6 Å². The molecule has 0 aromatic rings. The molecule has 0 aromatic carbocycles. The molecule has 0 amide bonds. The number of carboxylic acids is 1. The first kappa shape index (κ1) is 11.5. The summed E-state index contributed by atoms with van der Waals surface area (Å²) in [4.78, 5) is 10.6. The summed E-state index contributed by atoms with van der Waals surface area (Å²) in [5.74, 6) is -0.797. The molecule has 1 aliphatic heterocycles. The zero-order chi connectivity index (χ0) is 10.8. The third-order valence-corrected chi connectivity index (χ3v) is 2.55. The lowest BCUT2D eigenvalue weighted by atomic mass is 9.93. The Balaban J connectivity index is 2.42. The van der Waals surface area contributed by atoms with Crippen molar-refractivity contribution in [2.45, 2.75) is 51.3 Å². The fourth-order valence-corrected chi connectivity index (χ4v) is 1.80. The molecule has 4 heteroatoms. The standard InChI is InChI=1S/C10H19NO3/c1-7(9(12)13)11-8-4-5-14-10(2,3)6-8/h7-8,11H,4-6H2,1-3H3,(H,12,13). The number of carbonyl (C=O) groups is 1. The Morgan fingerprint density at radius 1 is 1.64 bits per heavy atom. The van der Waals surface area contributed by atoms with Crippen LogP contribution in [-0.4, -0.2) is 35.4 Å². The summed E-state index contributed by atoms with van der Waals surface area (Å²) < 4.78 is 5.55. The molecule has 2 N–H and O–H groups in total. The van der Waals surface area contributed by atoms with Crippen molar-refractivity contribution in [1.29, 1.82) is 0 Å². The highest BCUT2D eigenvalue weighted by Gasteiger charge is 2.30. The normalized spacial score (nSPS) is 28.4. The molecule has 0 aliphatic carbocycles. The maximum atomic E-state index is 10.6. The Labute approximate surface area is 84.6 Å². The van der Waals surface area contributed by atoms with E-state index in [2.05, 4.69) is 5.32 Å². The van der Waals surface area contributed by atoms with Crippen LogP contribution in [0.2, 0.25) is 0 Å². The number of aliphatic carboxylic acids is 1. The van der Waals surface area contributed by atoms with Gasteiger partial charge in [-0.15, -0.1) is 0 Å². The number of rotatable bonds is 3. The van der Waals surface area contributed by atoms with E-state index in [1.165, 1.54) is 0 Å². The molecule has 0 radical (unpaired) electrons. The van der Waals surface area contributed by atoms with Crippen molar-refractivity contribution >= 4 is 5.97 Å². The van der Waals surface area contributed by atoms with Gasteiger partial charge in [-0.3, -0.25) is 4.79 Å². The highest BCUT2D eigenvalue weighted by molar-refractivity contribution is 5.72. The first-order chi connectivity index (χ1) is 6.41. The first-order valence-electron chi connectivity index (χ1n) is 5.03. The fraction of sp³-hybridized carbons (Fsp3) is 0.900. The van der Waals surface area contributed by atoms with Crippen LogP contribution in [0.15, 0.2) is 0 Å². The Hall–Kier alpha value is -0.610. The summed E-state index contributed by atoms with van der Waals surface area (Å²) in [6.45, 7) is 6.44. The molecule has 1 fully saturated rings. The van der Waals surface area contributed by atoms with E-state index < -0.39 is 12.0 Å². The average Bonchev–Trinajstić information content (AvgIpc) is 2.01. The van der Waals surface area contributed by atoms with Crippen molar-refractivity contribution in [1.82, 2.24) is 5.32 Å². The number of ether oxygens (including phenoxy) is 1. The zero-order valence-electron chi connectivity index (χ0n) is 9.04. The number of nitrogens with one attached hydrogen (secondary N) is 1. The van der Waals surface area contributed by atoms with E-state index in [0.29, 0.717) is 6.61 Å². The van der Waals surface area contributed by atoms with Gasteiger partial charge in [0, 0.05) is 12.6 Å². The van der Waals surface area contributed by atoms with E-state index in [9.17, 15) is 4.79 Å². The highest BCUT2D eigenvalue weighted by atomic mass is 16.5. The molecule has 1 rings (SSSR count). The van der Waals surface area contributed by atoms with E-state index in [1.54, 1.807) is 6.92 Å². The Morgan fingerprint density at radius 3 is 2.79 bits per heavy atom. The molecule has 0 spiro atoms. The van der Waals surface area contributed by atoms with Crippen molar-refractivity contribution in [2.75, 3.05) is 6.61 Å². The molecule has 82 valence electrons. The lowest BCUT2D eigenvalue weighted by Gasteiger charge is -2.36. The minimum absolute atomic E-state index is 0.131. The predicted molar refractivity (Wildman–Crippen MR) is 53.3 cm³/mol. The van der Waals surface area contributed by atoms with Crippen molar-refractivity contribution in [3.05, 3.63) is 0 Å². The highest BCUT2D eigenvalue weighted by Crippen LogP contribution is 2.24. The minimum atomic E-state index is -0.797. The molecule has 0 saturated carbocycles. The second kappa shape index (κ2) is 4.28.